The maximum Gasteiger partial charge on any atom is 0.0423 e. The summed E-state index contributed by atoms with van der Waals surface area (Å²) < 4.78 is 0. The summed E-state index contributed by atoms with van der Waals surface area (Å²) in [5.74, 6) is 3.06. The van der Waals surface area contributed by atoms with E-state index in [4.69, 9.17) is 11.6 Å². The first-order valence-electron chi connectivity index (χ1n) is 7.40. The molecule has 5 unspecified atom stereocenters. The van der Waals surface area contributed by atoms with Crippen LogP contribution < -0.4 is 0 Å². The predicted octanol–water partition coefficient (Wildman–Crippen LogP) is 5.35. The lowest BCUT2D eigenvalue weighted by Crippen LogP contribution is -2.67. The second-order valence-electron chi connectivity index (χ2n) is 7.71. The monoisotopic (exact) mass is 256 g/mol. The first-order chi connectivity index (χ1) is 7.76. The first-order valence-corrected chi connectivity index (χ1v) is 7.84. The minimum absolute atomic E-state index is 0.395. The van der Waals surface area contributed by atoms with E-state index in [1.54, 1.807) is 0 Å². The van der Waals surface area contributed by atoms with E-state index in [0.717, 1.165) is 17.8 Å². The minimum Gasteiger partial charge on any atom is -0.122 e. The van der Waals surface area contributed by atoms with Gasteiger partial charge in [0.25, 0.3) is 0 Å². The summed E-state index contributed by atoms with van der Waals surface area (Å²) in [5.41, 5.74) is 1.04. The molecule has 2 bridgehead atoms. The van der Waals surface area contributed by atoms with Gasteiger partial charge in [-0.3, -0.25) is 0 Å². The Bertz CT molecular complexity index is 296. The lowest BCUT2D eigenvalue weighted by molar-refractivity contribution is -0.209. The average molecular weight is 257 g/mol. The van der Waals surface area contributed by atoms with Gasteiger partial charge in [-0.15, -0.1) is 11.6 Å². The molecule has 3 aliphatic rings. The van der Waals surface area contributed by atoms with Gasteiger partial charge >= 0.3 is 0 Å². The normalized spacial score (nSPS) is 49.6. The summed E-state index contributed by atoms with van der Waals surface area (Å²) in [5, 5.41) is 0.395. The molecule has 0 aromatic carbocycles. The Labute approximate surface area is 113 Å². The zero-order chi connectivity index (χ0) is 13.0. The Balaban J connectivity index is 2.27. The molecule has 0 saturated heterocycles. The molecular weight excluding hydrogens is 228 g/mol. The zero-order valence-electron chi connectivity index (χ0n) is 12.4. The van der Waals surface area contributed by atoms with Crippen molar-refractivity contribution in [3.63, 3.8) is 0 Å². The number of alkyl halides is 1. The molecule has 100 valence electrons. The third-order valence-electron chi connectivity index (χ3n) is 6.01. The molecular formula is C16H29Cl. The van der Waals surface area contributed by atoms with Crippen LogP contribution in [0.3, 0.4) is 0 Å². The highest BCUT2D eigenvalue weighted by Gasteiger charge is 2.68. The van der Waals surface area contributed by atoms with Gasteiger partial charge in [0.1, 0.15) is 0 Å². The van der Waals surface area contributed by atoms with Crippen LogP contribution in [0.15, 0.2) is 0 Å². The van der Waals surface area contributed by atoms with Crippen molar-refractivity contribution in [3.05, 3.63) is 0 Å². The van der Waals surface area contributed by atoms with E-state index in [-0.39, 0.29) is 0 Å². The molecule has 0 N–H and O–H groups in total. The van der Waals surface area contributed by atoms with E-state index in [1.807, 2.05) is 0 Å². The van der Waals surface area contributed by atoms with Gasteiger partial charge in [-0.05, 0) is 53.8 Å². The second kappa shape index (κ2) is 4.15. The van der Waals surface area contributed by atoms with Crippen LogP contribution in [0.1, 0.15) is 60.8 Å². The van der Waals surface area contributed by atoms with Gasteiger partial charge in [0.15, 0.2) is 0 Å². The van der Waals surface area contributed by atoms with Crippen LogP contribution in [0.4, 0.5) is 0 Å². The van der Waals surface area contributed by atoms with Crippen LogP contribution in [0.5, 0.6) is 0 Å². The van der Waals surface area contributed by atoms with Crippen molar-refractivity contribution in [2.45, 2.75) is 66.2 Å². The molecule has 0 amide bonds. The van der Waals surface area contributed by atoms with Crippen LogP contribution in [0, 0.1) is 34.5 Å². The number of rotatable bonds is 3. The molecule has 3 saturated carbocycles. The van der Waals surface area contributed by atoms with E-state index in [0.29, 0.717) is 22.1 Å². The smallest absolute Gasteiger partial charge is 0.0423 e. The van der Waals surface area contributed by atoms with Crippen molar-refractivity contribution in [3.8, 4) is 0 Å². The maximum atomic E-state index is 6.80. The lowest BCUT2D eigenvalue weighted by atomic mass is 9.34. The molecule has 0 spiro atoms. The van der Waals surface area contributed by atoms with Crippen LogP contribution in [-0.2, 0) is 0 Å². The second-order valence-corrected chi connectivity index (χ2v) is 8.18. The Morgan fingerprint density at radius 2 is 1.76 bits per heavy atom. The van der Waals surface area contributed by atoms with Crippen LogP contribution in [0.25, 0.3) is 0 Å². The summed E-state index contributed by atoms with van der Waals surface area (Å²) in [6.07, 6.45) is 4.14. The van der Waals surface area contributed by atoms with Crippen molar-refractivity contribution in [1.29, 1.82) is 0 Å². The molecule has 17 heavy (non-hydrogen) atoms. The summed E-state index contributed by atoms with van der Waals surface area (Å²) in [6.45, 7) is 14.3. The van der Waals surface area contributed by atoms with Crippen molar-refractivity contribution >= 4 is 11.6 Å². The van der Waals surface area contributed by atoms with Crippen molar-refractivity contribution in [1.82, 2.24) is 0 Å². The Kier molecular flexibility index (Phi) is 3.35. The first kappa shape index (κ1) is 13.7. The van der Waals surface area contributed by atoms with E-state index in [1.165, 1.54) is 19.3 Å². The fraction of sp³-hybridized carbons (Fsp3) is 1.00. The predicted molar refractivity (Wildman–Crippen MR) is 76.4 cm³/mol. The van der Waals surface area contributed by atoms with E-state index < -0.39 is 0 Å². The average Bonchev–Trinajstić information content (AvgIpc) is 2.20. The standard InChI is InChI=1S/C16H29Cl/c1-10(2)7-15-8-12(5)14(17)16(9-15,11(3)4)13(15)6/h10-14H,7-9H2,1-6H3. The van der Waals surface area contributed by atoms with Gasteiger partial charge < -0.3 is 0 Å². The minimum atomic E-state index is 0.395. The molecule has 5 atom stereocenters. The summed E-state index contributed by atoms with van der Waals surface area (Å²) in [4.78, 5) is 0. The van der Waals surface area contributed by atoms with E-state index >= 15 is 0 Å². The number of fused-ring (bicyclic) bond motifs is 2. The quantitative estimate of drug-likeness (QED) is 0.598. The lowest BCUT2D eigenvalue weighted by Gasteiger charge is -2.72. The van der Waals surface area contributed by atoms with E-state index in [9.17, 15) is 0 Å². The molecule has 3 rings (SSSR count). The van der Waals surface area contributed by atoms with E-state index in [2.05, 4.69) is 41.5 Å². The molecule has 0 nitrogen and oxygen atoms in total. The topological polar surface area (TPSA) is 0 Å². The highest BCUT2D eigenvalue weighted by atomic mass is 35.5. The highest BCUT2D eigenvalue weighted by Crippen LogP contribution is 2.74. The van der Waals surface area contributed by atoms with Crippen molar-refractivity contribution in [2.24, 2.45) is 34.5 Å². The molecule has 0 radical (unpaired) electrons. The molecule has 3 aliphatic carbocycles. The van der Waals surface area contributed by atoms with Crippen LogP contribution >= 0.6 is 11.6 Å². The number of hydrogen-bond acceptors (Lipinski definition) is 0. The summed E-state index contributed by atoms with van der Waals surface area (Å²) in [7, 11) is 0. The van der Waals surface area contributed by atoms with Gasteiger partial charge in [0.05, 0.1) is 0 Å². The fourth-order valence-corrected chi connectivity index (χ4v) is 5.99. The fourth-order valence-electron chi connectivity index (χ4n) is 5.38. The zero-order valence-corrected chi connectivity index (χ0v) is 13.1. The van der Waals surface area contributed by atoms with Crippen LogP contribution in [-0.4, -0.2) is 5.38 Å². The van der Waals surface area contributed by atoms with Gasteiger partial charge in [-0.1, -0.05) is 41.5 Å². The molecule has 0 aromatic rings. The third-order valence-corrected chi connectivity index (χ3v) is 6.85. The Morgan fingerprint density at radius 1 is 1.18 bits per heavy atom. The molecule has 0 aliphatic heterocycles. The van der Waals surface area contributed by atoms with Crippen LogP contribution in [0.2, 0.25) is 0 Å². The molecule has 1 heteroatoms. The molecule has 0 aromatic heterocycles. The van der Waals surface area contributed by atoms with Gasteiger partial charge in [0, 0.05) is 5.38 Å². The van der Waals surface area contributed by atoms with Gasteiger partial charge in [-0.2, -0.15) is 0 Å². The van der Waals surface area contributed by atoms with Crippen molar-refractivity contribution < 1.29 is 0 Å². The van der Waals surface area contributed by atoms with Gasteiger partial charge in [0.2, 0.25) is 0 Å². The third kappa shape index (κ3) is 1.70. The maximum absolute atomic E-state index is 6.80. The summed E-state index contributed by atoms with van der Waals surface area (Å²) >= 11 is 6.80. The Morgan fingerprint density at radius 3 is 2.18 bits per heavy atom. The Hall–Kier alpha value is 0.290. The largest absolute Gasteiger partial charge is 0.122 e. The number of halogens is 1. The SMILES string of the molecule is CC(C)CC12CC(C)C(Cl)C(C(C)C)(C1)C2C. The summed E-state index contributed by atoms with van der Waals surface area (Å²) in [6, 6.07) is 0. The molecule has 0 heterocycles. The molecule has 3 fully saturated rings. The number of hydrogen-bond donors (Lipinski definition) is 0. The van der Waals surface area contributed by atoms with Crippen molar-refractivity contribution in [2.75, 3.05) is 0 Å². The van der Waals surface area contributed by atoms with Gasteiger partial charge in [-0.25, -0.2) is 0 Å². The highest BCUT2D eigenvalue weighted by molar-refractivity contribution is 6.21.